The van der Waals surface area contributed by atoms with Gasteiger partial charge in [-0.2, -0.15) is 0 Å². The first-order valence-electron chi connectivity index (χ1n) is 11.7. The van der Waals surface area contributed by atoms with Gasteiger partial charge >= 0.3 is 6.09 Å². The minimum absolute atomic E-state index is 0.0564. The minimum Gasteiger partial charge on any atom is -0.444 e. The van der Waals surface area contributed by atoms with Gasteiger partial charge in [0.25, 0.3) is 0 Å². The van der Waals surface area contributed by atoms with Gasteiger partial charge in [0, 0.05) is 13.1 Å². The van der Waals surface area contributed by atoms with Crippen molar-refractivity contribution in [1.29, 1.82) is 0 Å². The number of nitrogens with zero attached hydrogens (tertiary/aromatic N) is 1. The van der Waals surface area contributed by atoms with Crippen LogP contribution in [0.1, 0.15) is 76.6 Å². The predicted octanol–water partition coefficient (Wildman–Crippen LogP) is 3.39. The summed E-state index contributed by atoms with van der Waals surface area (Å²) in [5.41, 5.74) is 2.00. The summed E-state index contributed by atoms with van der Waals surface area (Å²) in [6.45, 7) is 12.9. The van der Waals surface area contributed by atoms with Crippen molar-refractivity contribution in [2.24, 2.45) is 0 Å². The van der Waals surface area contributed by atoms with Gasteiger partial charge in [-0.25, -0.2) is 4.79 Å². The summed E-state index contributed by atoms with van der Waals surface area (Å²) in [5, 5.41) is 15.1. The highest BCUT2D eigenvalue weighted by atomic mass is 16.6. The van der Waals surface area contributed by atoms with Crippen molar-refractivity contribution < 1.29 is 24.2 Å². The van der Waals surface area contributed by atoms with E-state index in [-0.39, 0.29) is 19.1 Å². The van der Waals surface area contributed by atoms with Crippen LogP contribution in [0.3, 0.4) is 0 Å². The lowest BCUT2D eigenvalue weighted by atomic mass is 9.98. The molecule has 0 spiro atoms. The van der Waals surface area contributed by atoms with E-state index in [9.17, 15) is 19.5 Å². The number of aliphatic hydroxyl groups excluding tert-OH is 1. The standard InChI is InChI=1S/C25H41N3O5/c1-8-9-10-13-26-22(30)21(20-12-11-17(2)18(3)16-20)28(14-15-29)23(31)19(4)27-24(32)33-25(5,6)7/h11-12,16,19,21,29H,8-10,13-15H2,1-7H3,(H,26,30)(H,27,32). The van der Waals surface area contributed by atoms with Crippen molar-refractivity contribution in [2.75, 3.05) is 19.7 Å². The van der Waals surface area contributed by atoms with Crippen LogP contribution in [-0.4, -0.2) is 59.3 Å². The molecule has 8 heteroatoms. The first-order chi connectivity index (χ1) is 15.4. The van der Waals surface area contributed by atoms with Crippen molar-refractivity contribution in [3.63, 3.8) is 0 Å². The fraction of sp³-hybridized carbons (Fsp3) is 0.640. The molecular formula is C25H41N3O5. The summed E-state index contributed by atoms with van der Waals surface area (Å²) >= 11 is 0. The molecular weight excluding hydrogens is 422 g/mol. The first kappa shape index (κ1) is 28.4. The Morgan fingerprint density at radius 2 is 1.79 bits per heavy atom. The Morgan fingerprint density at radius 3 is 2.33 bits per heavy atom. The van der Waals surface area contributed by atoms with Crippen molar-refractivity contribution in [3.05, 3.63) is 34.9 Å². The number of alkyl carbamates (subject to hydrolysis) is 1. The van der Waals surface area contributed by atoms with Crippen LogP contribution in [0.5, 0.6) is 0 Å². The third-order valence-corrected chi connectivity index (χ3v) is 5.21. The lowest BCUT2D eigenvalue weighted by Crippen LogP contribution is -2.52. The monoisotopic (exact) mass is 463 g/mol. The van der Waals surface area contributed by atoms with Crippen LogP contribution in [0, 0.1) is 13.8 Å². The van der Waals surface area contributed by atoms with E-state index in [1.165, 1.54) is 11.8 Å². The predicted molar refractivity (Wildman–Crippen MR) is 129 cm³/mol. The molecule has 1 rings (SSSR count). The van der Waals surface area contributed by atoms with E-state index >= 15 is 0 Å². The molecule has 0 saturated heterocycles. The molecule has 0 aliphatic carbocycles. The van der Waals surface area contributed by atoms with E-state index in [1.807, 2.05) is 32.0 Å². The molecule has 2 unspecified atom stereocenters. The van der Waals surface area contributed by atoms with Crippen LogP contribution in [0.2, 0.25) is 0 Å². The molecule has 1 aromatic rings. The highest BCUT2D eigenvalue weighted by molar-refractivity contribution is 5.92. The first-order valence-corrected chi connectivity index (χ1v) is 11.7. The highest BCUT2D eigenvalue weighted by Crippen LogP contribution is 2.24. The molecule has 3 amide bonds. The minimum atomic E-state index is -0.951. The molecule has 3 N–H and O–H groups in total. The van der Waals surface area contributed by atoms with Gasteiger partial charge < -0.3 is 25.4 Å². The fourth-order valence-corrected chi connectivity index (χ4v) is 3.36. The number of aliphatic hydroxyl groups is 1. The van der Waals surface area contributed by atoms with E-state index < -0.39 is 29.7 Å². The quantitative estimate of drug-likeness (QED) is 0.436. The fourth-order valence-electron chi connectivity index (χ4n) is 3.36. The summed E-state index contributed by atoms with van der Waals surface area (Å²) in [7, 11) is 0. The summed E-state index contributed by atoms with van der Waals surface area (Å²) in [5.74, 6) is -0.803. The molecule has 0 aromatic heterocycles. The van der Waals surface area contributed by atoms with E-state index in [4.69, 9.17) is 4.74 Å². The molecule has 0 aliphatic heterocycles. The third kappa shape index (κ3) is 9.42. The number of aryl methyl sites for hydroxylation is 2. The second kappa shape index (κ2) is 13.2. The zero-order valence-electron chi connectivity index (χ0n) is 21.2. The molecule has 0 saturated carbocycles. The smallest absolute Gasteiger partial charge is 0.408 e. The molecule has 0 heterocycles. The maximum atomic E-state index is 13.3. The van der Waals surface area contributed by atoms with Crippen molar-refractivity contribution in [1.82, 2.24) is 15.5 Å². The van der Waals surface area contributed by atoms with E-state index in [1.54, 1.807) is 20.8 Å². The number of carbonyl (C=O) groups excluding carboxylic acids is 3. The van der Waals surface area contributed by atoms with Gasteiger partial charge in [-0.05, 0) is 64.7 Å². The normalized spacial score (nSPS) is 13.1. The van der Waals surface area contributed by atoms with Crippen molar-refractivity contribution >= 4 is 17.9 Å². The molecule has 0 aliphatic rings. The third-order valence-electron chi connectivity index (χ3n) is 5.21. The van der Waals surface area contributed by atoms with Crippen molar-refractivity contribution in [3.8, 4) is 0 Å². The second-order valence-electron chi connectivity index (χ2n) is 9.37. The molecule has 0 radical (unpaired) electrons. The molecule has 8 nitrogen and oxygen atoms in total. The Balaban J connectivity index is 3.21. The van der Waals surface area contributed by atoms with Gasteiger partial charge in [0.2, 0.25) is 11.8 Å². The number of unbranched alkanes of at least 4 members (excludes halogenated alkanes) is 2. The molecule has 1 aromatic carbocycles. The molecule has 0 fully saturated rings. The summed E-state index contributed by atoms with van der Waals surface area (Å²) in [4.78, 5) is 40.1. The van der Waals surface area contributed by atoms with Crippen LogP contribution in [0.4, 0.5) is 4.79 Å². The summed E-state index contributed by atoms with van der Waals surface area (Å²) in [6, 6.07) is 3.73. The van der Waals surface area contributed by atoms with Crippen LogP contribution in [0.15, 0.2) is 18.2 Å². The maximum Gasteiger partial charge on any atom is 0.408 e. The average Bonchev–Trinajstić information content (AvgIpc) is 2.71. The lowest BCUT2D eigenvalue weighted by Gasteiger charge is -2.33. The Kier molecular flexibility index (Phi) is 11.4. The number of hydrogen-bond donors (Lipinski definition) is 3. The highest BCUT2D eigenvalue weighted by Gasteiger charge is 2.34. The number of carbonyl (C=O) groups is 3. The van der Waals surface area contributed by atoms with Crippen molar-refractivity contribution in [2.45, 2.75) is 85.4 Å². The van der Waals surface area contributed by atoms with E-state index in [0.717, 1.165) is 30.4 Å². The van der Waals surface area contributed by atoms with Gasteiger partial charge in [-0.3, -0.25) is 9.59 Å². The summed E-state index contributed by atoms with van der Waals surface area (Å²) < 4.78 is 5.25. The number of amides is 3. The number of hydrogen-bond acceptors (Lipinski definition) is 5. The Hall–Kier alpha value is -2.61. The number of benzene rings is 1. The van der Waals surface area contributed by atoms with E-state index in [0.29, 0.717) is 12.1 Å². The van der Waals surface area contributed by atoms with Gasteiger partial charge in [-0.15, -0.1) is 0 Å². The Labute approximate surface area is 198 Å². The van der Waals surface area contributed by atoms with Crippen LogP contribution in [0.25, 0.3) is 0 Å². The number of rotatable bonds is 11. The van der Waals surface area contributed by atoms with Crippen LogP contribution < -0.4 is 10.6 Å². The SMILES string of the molecule is CCCCCNC(=O)C(c1ccc(C)c(C)c1)N(CCO)C(=O)C(C)NC(=O)OC(C)(C)C. The average molecular weight is 464 g/mol. The van der Waals surface area contributed by atoms with Gasteiger partial charge in [-0.1, -0.05) is 38.0 Å². The summed E-state index contributed by atoms with van der Waals surface area (Å²) in [6.07, 6.45) is 2.13. The van der Waals surface area contributed by atoms with Gasteiger partial charge in [0.1, 0.15) is 17.7 Å². The van der Waals surface area contributed by atoms with Crippen LogP contribution in [-0.2, 0) is 14.3 Å². The Morgan fingerprint density at radius 1 is 1.12 bits per heavy atom. The largest absolute Gasteiger partial charge is 0.444 e. The number of ether oxygens (including phenoxy) is 1. The molecule has 0 bridgehead atoms. The number of nitrogens with one attached hydrogen (secondary N) is 2. The van der Waals surface area contributed by atoms with Gasteiger partial charge in [0.05, 0.1) is 6.61 Å². The topological polar surface area (TPSA) is 108 Å². The molecule has 186 valence electrons. The molecule has 33 heavy (non-hydrogen) atoms. The maximum absolute atomic E-state index is 13.3. The van der Waals surface area contributed by atoms with E-state index in [2.05, 4.69) is 17.6 Å². The Bertz CT molecular complexity index is 804. The van der Waals surface area contributed by atoms with Crippen LogP contribution >= 0.6 is 0 Å². The zero-order chi connectivity index (χ0) is 25.2. The second-order valence-corrected chi connectivity index (χ2v) is 9.37. The van der Waals surface area contributed by atoms with Gasteiger partial charge in [0.15, 0.2) is 0 Å². The zero-order valence-corrected chi connectivity index (χ0v) is 21.2. The molecule has 2 atom stereocenters. The lowest BCUT2D eigenvalue weighted by molar-refractivity contribution is -0.142.